The fourth-order valence-corrected chi connectivity index (χ4v) is 1.51. The molecule has 0 saturated heterocycles. The zero-order valence-corrected chi connectivity index (χ0v) is 8.65. The highest BCUT2D eigenvalue weighted by Gasteiger charge is 2.04. The lowest BCUT2D eigenvalue weighted by atomic mass is 10.1. The molecule has 2 rings (SSSR count). The Labute approximate surface area is 83.4 Å². The Bertz CT molecular complexity index is 463. The Morgan fingerprint density at radius 1 is 1.14 bits per heavy atom. The second kappa shape index (κ2) is 3.25. The highest BCUT2D eigenvalue weighted by molar-refractivity contribution is 5.89. The summed E-state index contributed by atoms with van der Waals surface area (Å²) < 4.78 is 0. The summed E-state index contributed by atoms with van der Waals surface area (Å²) in [5, 5.41) is 1.11. The third-order valence-corrected chi connectivity index (χ3v) is 2.19. The van der Waals surface area contributed by atoms with Crippen LogP contribution >= 0.6 is 0 Å². The number of aryl methyl sites for hydroxylation is 1. The van der Waals surface area contributed by atoms with E-state index in [1.807, 2.05) is 25.1 Å². The SMILES string of the molecule is Cc1ccc2ncnc(N(C)C)c2c1. The first-order valence-electron chi connectivity index (χ1n) is 4.57. The van der Waals surface area contributed by atoms with Crippen LogP contribution in [0.25, 0.3) is 10.9 Å². The summed E-state index contributed by atoms with van der Waals surface area (Å²) in [6.07, 6.45) is 1.60. The first-order chi connectivity index (χ1) is 6.68. The minimum absolute atomic E-state index is 0.971. The first-order valence-corrected chi connectivity index (χ1v) is 4.57. The molecule has 0 bridgehead atoms. The van der Waals surface area contributed by atoms with Crippen LogP contribution in [0.15, 0.2) is 24.5 Å². The molecule has 0 aliphatic heterocycles. The number of benzene rings is 1. The smallest absolute Gasteiger partial charge is 0.139 e. The van der Waals surface area contributed by atoms with Crippen LogP contribution in [0.4, 0.5) is 5.82 Å². The van der Waals surface area contributed by atoms with E-state index in [4.69, 9.17) is 0 Å². The zero-order valence-electron chi connectivity index (χ0n) is 8.65. The number of fused-ring (bicyclic) bond motifs is 1. The molecular formula is C11H13N3. The Morgan fingerprint density at radius 2 is 1.93 bits per heavy atom. The molecule has 0 atom stereocenters. The molecule has 0 unspecified atom stereocenters. The van der Waals surface area contributed by atoms with Gasteiger partial charge < -0.3 is 4.90 Å². The summed E-state index contributed by atoms with van der Waals surface area (Å²) >= 11 is 0. The molecule has 3 heteroatoms. The highest BCUT2D eigenvalue weighted by atomic mass is 15.1. The predicted octanol–water partition coefficient (Wildman–Crippen LogP) is 2.00. The molecule has 0 aliphatic rings. The van der Waals surface area contributed by atoms with E-state index in [2.05, 4.69) is 29.0 Å². The molecule has 1 aromatic carbocycles. The summed E-state index contributed by atoms with van der Waals surface area (Å²) in [7, 11) is 3.98. The van der Waals surface area contributed by atoms with Crippen molar-refractivity contribution in [3.05, 3.63) is 30.1 Å². The molecule has 3 nitrogen and oxygen atoms in total. The molecular weight excluding hydrogens is 174 g/mol. The average molecular weight is 187 g/mol. The summed E-state index contributed by atoms with van der Waals surface area (Å²) in [4.78, 5) is 10.5. The first kappa shape index (κ1) is 8.94. The maximum Gasteiger partial charge on any atom is 0.139 e. The number of rotatable bonds is 1. The summed E-state index contributed by atoms with van der Waals surface area (Å²) in [6.45, 7) is 2.08. The van der Waals surface area contributed by atoms with Crippen molar-refractivity contribution in [1.29, 1.82) is 0 Å². The van der Waals surface area contributed by atoms with Crippen molar-refractivity contribution in [3.63, 3.8) is 0 Å². The zero-order chi connectivity index (χ0) is 10.1. The van der Waals surface area contributed by atoms with Crippen molar-refractivity contribution in [2.24, 2.45) is 0 Å². The van der Waals surface area contributed by atoms with Gasteiger partial charge in [0, 0.05) is 19.5 Å². The van der Waals surface area contributed by atoms with Crippen LogP contribution in [-0.2, 0) is 0 Å². The van der Waals surface area contributed by atoms with Crippen LogP contribution in [0.3, 0.4) is 0 Å². The van der Waals surface area contributed by atoms with E-state index >= 15 is 0 Å². The van der Waals surface area contributed by atoms with Crippen LogP contribution in [0.5, 0.6) is 0 Å². The number of hydrogen-bond donors (Lipinski definition) is 0. The molecule has 0 saturated carbocycles. The number of aromatic nitrogens is 2. The van der Waals surface area contributed by atoms with Crippen molar-refractivity contribution in [2.45, 2.75) is 6.92 Å². The van der Waals surface area contributed by atoms with Gasteiger partial charge in [0.15, 0.2) is 0 Å². The van der Waals surface area contributed by atoms with Gasteiger partial charge in [0.2, 0.25) is 0 Å². The van der Waals surface area contributed by atoms with Gasteiger partial charge in [0.25, 0.3) is 0 Å². The Hall–Kier alpha value is -1.64. The minimum atomic E-state index is 0.971. The number of hydrogen-bond acceptors (Lipinski definition) is 3. The third-order valence-electron chi connectivity index (χ3n) is 2.19. The van der Waals surface area contributed by atoms with E-state index < -0.39 is 0 Å². The van der Waals surface area contributed by atoms with E-state index in [0.717, 1.165) is 16.7 Å². The van der Waals surface area contributed by atoms with Gasteiger partial charge in [0.1, 0.15) is 12.1 Å². The Kier molecular flexibility index (Phi) is 2.08. The lowest BCUT2D eigenvalue weighted by Gasteiger charge is -2.13. The van der Waals surface area contributed by atoms with Crippen LogP contribution in [0, 0.1) is 6.92 Å². The van der Waals surface area contributed by atoms with Gasteiger partial charge in [-0.15, -0.1) is 0 Å². The monoisotopic (exact) mass is 187 g/mol. The molecule has 1 heterocycles. The van der Waals surface area contributed by atoms with Crippen molar-refractivity contribution in [1.82, 2.24) is 9.97 Å². The molecule has 14 heavy (non-hydrogen) atoms. The van der Waals surface area contributed by atoms with Crippen LogP contribution < -0.4 is 4.90 Å². The van der Waals surface area contributed by atoms with Crippen LogP contribution in [-0.4, -0.2) is 24.1 Å². The fourth-order valence-electron chi connectivity index (χ4n) is 1.51. The molecule has 2 aromatic rings. The third kappa shape index (κ3) is 1.41. The van der Waals surface area contributed by atoms with E-state index in [-0.39, 0.29) is 0 Å². The molecule has 0 spiro atoms. The van der Waals surface area contributed by atoms with Crippen molar-refractivity contribution in [2.75, 3.05) is 19.0 Å². The Morgan fingerprint density at radius 3 is 2.64 bits per heavy atom. The van der Waals surface area contributed by atoms with Crippen molar-refractivity contribution < 1.29 is 0 Å². The molecule has 0 radical (unpaired) electrons. The molecule has 1 aromatic heterocycles. The predicted molar refractivity (Wildman–Crippen MR) is 58.6 cm³/mol. The van der Waals surface area contributed by atoms with Gasteiger partial charge in [-0.05, 0) is 19.1 Å². The standard InChI is InChI=1S/C11H13N3/c1-8-4-5-10-9(6-8)11(14(2)3)13-7-12-10/h4-7H,1-3H3. The lowest BCUT2D eigenvalue weighted by Crippen LogP contribution is -2.11. The lowest BCUT2D eigenvalue weighted by molar-refractivity contribution is 1.06. The van der Waals surface area contributed by atoms with Crippen LogP contribution in [0.1, 0.15) is 5.56 Å². The molecule has 0 aliphatic carbocycles. The average Bonchev–Trinajstić information content (AvgIpc) is 2.16. The summed E-state index contributed by atoms with van der Waals surface area (Å²) in [5.41, 5.74) is 2.23. The fraction of sp³-hybridized carbons (Fsp3) is 0.273. The van der Waals surface area contributed by atoms with Gasteiger partial charge in [-0.3, -0.25) is 0 Å². The van der Waals surface area contributed by atoms with E-state index in [1.54, 1.807) is 6.33 Å². The van der Waals surface area contributed by atoms with Gasteiger partial charge in [-0.1, -0.05) is 11.6 Å². The van der Waals surface area contributed by atoms with Crippen molar-refractivity contribution >= 4 is 16.7 Å². The second-order valence-corrected chi connectivity index (χ2v) is 3.61. The summed E-state index contributed by atoms with van der Waals surface area (Å²) in [6, 6.07) is 6.21. The van der Waals surface area contributed by atoms with Crippen LogP contribution in [0.2, 0.25) is 0 Å². The number of nitrogens with zero attached hydrogens (tertiary/aromatic N) is 3. The normalized spacial score (nSPS) is 10.5. The summed E-state index contributed by atoms with van der Waals surface area (Å²) in [5.74, 6) is 0.971. The van der Waals surface area contributed by atoms with Gasteiger partial charge in [-0.25, -0.2) is 9.97 Å². The minimum Gasteiger partial charge on any atom is -0.362 e. The topological polar surface area (TPSA) is 29.0 Å². The molecule has 0 fully saturated rings. The van der Waals surface area contributed by atoms with E-state index in [9.17, 15) is 0 Å². The number of anilines is 1. The molecule has 0 amide bonds. The van der Waals surface area contributed by atoms with E-state index in [0.29, 0.717) is 0 Å². The van der Waals surface area contributed by atoms with Gasteiger partial charge >= 0.3 is 0 Å². The molecule has 0 N–H and O–H groups in total. The second-order valence-electron chi connectivity index (χ2n) is 3.61. The highest BCUT2D eigenvalue weighted by Crippen LogP contribution is 2.21. The maximum atomic E-state index is 4.26. The van der Waals surface area contributed by atoms with E-state index in [1.165, 1.54) is 5.56 Å². The largest absolute Gasteiger partial charge is 0.362 e. The maximum absolute atomic E-state index is 4.26. The van der Waals surface area contributed by atoms with Gasteiger partial charge in [0.05, 0.1) is 5.52 Å². The molecule has 72 valence electrons. The quantitative estimate of drug-likeness (QED) is 0.683. The van der Waals surface area contributed by atoms with Gasteiger partial charge in [-0.2, -0.15) is 0 Å². The Balaban J connectivity index is 2.77. The van der Waals surface area contributed by atoms with Crippen molar-refractivity contribution in [3.8, 4) is 0 Å².